The van der Waals surface area contributed by atoms with Crippen molar-refractivity contribution in [3.63, 3.8) is 0 Å². The molecule has 1 heterocycles. The van der Waals surface area contributed by atoms with E-state index in [1.54, 1.807) is 18.2 Å². The summed E-state index contributed by atoms with van der Waals surface area (Å²) < 4.78 is 21.1. The molecule has 0 aliphatic rings. The van der Waals surface area contributed by atoms with E-state index in [9.17, 15) is 9.36 Å². The molecule has 0 aliphatic carbocycles. The SMILES string of the molecule is O=C(N[C@@H](COP(=O)(O)O)Cc1ccccc1)c1cc2ccccc2o1. The van der Waals surface area contributed by atoms with Crippen LogP contribution in [-0.4, -0.2) is 28.3 Å². The fraction of sp³-hybridized carbons (Fsp3) is 0.167. The third kappa shape index (κ3) is 5.03. The van der Waals surface area contributed by atoms with Crippen LogP contribution in [0.5, 0.6) is 0 Å². The molecule has 0 aliphatic heterocycles. The van der Waals surface area contributed by atoms with E-state index in [2.05, 4.69) is 9.84 Å². The Morgan fingerprint density at radius 2 is 1.81 bits per heavy atom. The zero-order chi connectivity index (χ0) is 18.6. The number of amides is 1. The number of carbonyl (C=O) groups excluding carboxylic acids is 1. The minimum atomic E-state index is -4.64. The first-order valence-electron chi connectivity index (χ1n) is 7.94. The zero-order valence-corrected chi connectivity index (χ0v) is 14.6. The van der Waals surface area contributed by atoms with Gasteiger partial charge in [-0.15, -0.1) is 0 Å². The number of phosphoric acid groups is 1. The number of furan rings is 1. The number of hydrogen-bond donors (Lipinski definition) is 3. The van der Waals surface area contributed by atoms with Gasteiger partial charge in [-0.1, -0.05) is 48.5 Å². The molecule has 3 aromatic rings. The molecule has 0 saturated heterocycles. The fourth-order valence-corrected chi connectivity index (χ4v) is 2.96. The molecule has 0 spiro atoms. The average Bonchev–Trinajstić information content (AvgIpc) is 3.04. The van der Waals surface area contributed by atoms with Crippen LogP contribution >= 0.6 is 7.82 Å². The van der Waals surface area contributed by atoms with Crippen molar-refractivity contribution in [1.29, 1.82) is 0 Å². The molecular weight excluding hydrogens is 357 g/mol. The Labute approximate surface area is 149 Å². The van der Waals surface area contributed by atoms with Crippen LogP contribution in [0.4, 0.5) is 0 Å². The number of phosphoric ester groups is 1. The summed E-state index contributed by atoms with van der Waals surface area (Å²) in [6.45, 7) is -0.328. The first kappa shape index (κ1) is 18.4. The van der Waals surface area contributed by atoms with E-state index in [1.807, 2.05) is 42.5 Å². The van der Waals surface area contributed by atoms with E-state index < -0.39 is 19.8 Å². The monoisotopic (exact) mass is 375 g/mol. The Bertz CT molecular complexity index is 900. The molecule has 0 fully saturated rings. The highest BCUT2D eigenvalue weighted by Crippen LogP contribution is 2.35. The van der Waals surface area contributed by atoms with Gasteiger partial charge in [0, 0.05) is 5.39 Å². The number of carbonyl (C=O) groups is 1. The molecule has 3 N–H and O–H groups in total. The van der Waals surface area contributed by atoms with Gasteiger partial charge in [0.25, 0.3) is 5.91 Å². The number of hydrogen-bond acceptors (Lipinski definition) is 4. The van der Waals surface area contributed by atoms with Crippen LogP contribution in [0, 0.1) is 0 Å². The average molecular weight is 375 g/mol. The van der Waals surface area contributed by atoms with Crippen LogP contribution in [0.2, 0.25) is 0 Å². The van der Waals surface area contributed by atoms with Crippen molar-refractivity contribution in [3.05, 3.63) is 72.0 Å². The van der Waals surface area contributed by atoms with E-state index in [0.717, 1.165) is 10.9 Å². The van der Waals surface area contributed by atoms with Crippen molar-refractivity contribution in [1.82, 2.24) is 5.32 Å². The summed E-state index contributed by atoms with van der Waals surface area (Å²) in [5.41, 5.74) is 1.49. The number of rotatable bonds is 7. The fourth-order valence-electron chi connectivity index (χ4n) is 2.59. The Kier molecular flexibility index (Phi) is 5.54. The Hall–Kier alpha value is -2.44. The van der Waals surface area contributed by atoms with E-state index in [0.29, 0.717) is 12.0 Å². The van der Waals surface area contributed by atoms with Crippen LogP contribution < -0.4 is 5.32 Å². The minimum absolute atomic E-state index is 0.125. The van der Waals surface area contributed by atoms with Gasteiger partial charge in [-0.05, 0) is 24.1 Å². The van der Waals surface area contributed by atoms with Gasteiger partial charge in [-0.3, -0.25) is 9.32 Å². The van der Waals surface area contributed by atoms with Crippen molar-refractivity contribution in [2.24, 2.45) is 0 Å². The van der Waals surface area contributed by atoms with Crippen molar-refractivity contribution in [2.45, 2.75) is 12.5 Å². The maximum Gasteiger partial charge on any atom is 0.469 e. The smallest absolute Gasteiger partial charge is 0.451 e. The third-order valence-electron chi connectivity index (χ3n) is 3.75. The second-order valence-electron chi connectivity index (χ2n) is 5.79. The summed E-state index contributed by atoms with van der Waals surface area (Å²) in [5.74, 6) is -0.350. The van der Waals surface area contributed by atoms with Crippen molar-refractivity contribution >= 4 is 24.7 Å². The highest BCUT2D eigenvalue weighted by Gasteiger charge is 2.22. The molecule has 0 bridgehead atoms. The second-order valence-corrected chi connectivity index (χ2v) is 7.03. The number of benzene rings is 2. The van der Waals surface area contributed by atoms with Crippen molar-refractivity contribution in [3.8, 4) is 0 Å². The summed E-state index contributed by atoms with van der Waals surface area (Å²) in [6.07, 6.45) is 0.354. The molecule has 3 rings (SSSR count). The van der Waals surface area contributed by atoms with Crippen LogP contribution in [0.25, 0.3) is 11.0 Å². The maximum atomic E-state index is 12.5. The second kappa shape index (κ2) is 7.85. The molecule has 1 atom stereocenters. The molecule has 1 amide bonds. The lowest BCUT2D eigenvalue weighted by Gasteiger charge is -2.18. The molecule has 2 aromatic carbocycles. The van der Waals surface area contributed by atoms with Crippen LogP contribution in [0.3, 0.4) is 0 Å². The summed E-state index contributed by atoms with van der Waals surface area (Å²) in [7, 11) is -4.64. The molecule has 0 saturated carbocycles. The van der Waals surface area contributed by atoms with Gasteiger partial charge in [-0.2, -0.15) is 0 Å². The highest BCUT2D eigenvalue weighted by atomic mass is 31.2. The Balaban J connectivity index is 1.74. The predicted octanol–water partition coefficient (Wildman–Crippen LogP) is 2.88. The lowest BCUT2D eigenvalue weighted by molar-refractivity contribution is 0.0884. The molecule has 8 heteroatoms. The van der Waals surface area contributed by atoms with E-state index >= 15 is 0 Å². The minimum Gasteiger partial charge on any atom is -0.451 e. The molecule has 136 valence electrons. The normalized spacial score (nSPS) is 12.8. The Morgan fingerprint density at radius 3 is 2.50 bits per heavy atom. The molecule has 1 aromatic heterocycles. The summed E-state index contributed by atoms with van der Waals surface area (Å²) in [4.78, 5) is 30.4. The van der Waals surface area contributed by atoms with Gasteiger partial charge >= 0.3 is 7.82 Å². The number of fused-ring (bicyclic) bond motifs is 1. The maximum absolute atomic E-state index is 12.5. The largest absolute Gasteiger partial charge is 0.469 e. The standard InChI is InChI=1S/C18H18NO6P/c20-18(17-11-14-8-4-5-9-16(14)25-17)19-15(12-24-26(21,22)23)10-13-6-2-1-3-7-13/h1-9,11,15H,10,12H2,(H,19,20)(H2,21,22,23)/t15-/m1/s1. The highest BCUT2D eigenvalue weighted by molar-refractivity contribution is 7.46. The van der Waals surface area contributed by atoms with Gasteiger partial charge in [-0.25, -0.2) is 4.57 Å². The molecule has 7 nitrogen and oxygen atoms in total. The first-order valence-corrected chi connectivity index (χ1v) is 9.47. The lowest BCUT2D eigenvalue weighted by Crippen LogP contribution is -2.39. The molecule has 0 unspecified atom stereocenters. The van der Waals surface area contributed by atoms with Crippen molar-refractivity contribution < 1.29 is 28.1 Å². The van der Waals surface area contributed by atoms with Crippen LogP contribution in [0.1, 0.15) is 16.1 Å². The zero-order valence-electron chi connectivity index (χ0n) is 13.7. The Morgan fingerprint density at radius 1 is 1.12 bits per heavy atom. The number of nitrogens with one attached hydrogen (secondary N) is 1. The summed E-state index contributed by atoms with van der Waals surface area (Å²) in [6, 6.07) is 17.5. The van der Waals surface area contributed by atoms with E-state index in [1.165, 1.54) is 0 Å². The van der Waals surface area contributed by atoms with E-state index in [4.69, 9.17) is 14.2 Å². The van der Waals surface area contributed by atoms with Crippen molar-refractivity contribution in [2.75, 3.05) is 6.61 Å². The van der Waals surface area contributed by atoms with Gasteiger partial charge in [0.15, 0.2) is 5.76 Å². The van der Waals surface area contributed by atoms with Crippen LogP contribution in [0.15, 0.2) is 65.1 Å². The first-order chi connectivity index (χ1) is 12.4. The topological polar surface area (TPSA) is 109 Å². The summed E-state index contributed by atoms with van der Waals surface area (Å²) in [5, 5.41) is 3.51. The lowest BCUT2D eigenvalue weighted by atomic mass is 10.1. The third-order valence-corrected chi connectivity index (χ3v) is 4.24. The molecular formula is C18H18NO6P. The van der Waals surface area contributed by atoms with Gasteiger partial charge in [0.2, 0.25) is 0 Å². The predicted molar refractivity (Wildman–Crippen MR) is 95.6 cm³/mol. The van der Waals surface area contributed by atoms with Gasteiger partial charge in [0.1, 0.15) is 5.58 Å². The van der Waals surface area contributed by atoms with Crippen LogP contribution in [-0.2, 0) is 15.5 Å². The van der Waals surface area contributed by atoms with Gasteiger partial charge < -0.3 is 19.5 Å². The molecule has 0 radical (unpaired) electrons. The molecule has 26 heavy (non-hydrogen) atoms. The van der Waals surface area contributed by atoms with Gasteiger partial charge in [0.05, 0.1) is 12.6 Å². The van der Waals surface area contributed by atoms with E-state index in [-0.39, 0.29) is 12.4 Å². The summed E-state index contributed by atoms with van der Waals surface area (Å²) >= 11 is 0. The quantitative estimate of drug-likeness (QED) is 0.548. The number of para-hydroxylation sites is 1.